The first-order valence-corrected chi connectivity index (χ1v) is 6.45. The molecule has 3 rings (SSSR count). The third-order valence-corrected chi connectivity index (χ3v) is 3.71. The molecule has 3 heteroatoms. The second kappa shape index (κ2) is 4.67. The van der Waals surface area contributed by atoms with Crippen molar-refractivity contribution < 1.29 is 4.74 Å². The van der Waals surface area contributed by atoms with Crippen molar-refractivity contribution in [2.45, 2.75) is 19.4 Å². The van der Waals surface area contributed by atoms with Gasteiger partial charge in [-0.05, 0) is 37.1 Å². The Labute approximate surface area is 107 Å². The van der Waals surface area contributed by atoms with E-state index in [2.05, 4.69) is 29.2 Å². The standard InChI is InChI=1S/C15H18N2O/c1-10-2-3-11-8-12(4-5-14(11)17-10)15(16)13-6-7-18-9-13/h2-5,8,13,15H,6-7,9,16H2,1H3. The Morgan fingerprint density at radius 3 is 3.00 bits per heavy atom. The summed E-state index contributed by atoms with van der Waals surface area (Å²) in [5, 5.41) is 1.16. The highest BCUT2D eigenvalue weighted by Crippen LogP contribution is 2.28. The summed E-state index contributed by atoms with van der Waals surface area (Å²) in [6.45, 7) is 3.63. The highest BCUT2D eigenvalue weighted by Gasteiger charge is 2.24. The molecule has 18 heavy (non-hydrogen) atoms. The molecule has 3 nitrogen and oxygen atoms in total. The molecular weight excluding hydrogens is 224 g/mol. The Hall–Kier alpha value is -1.45. The minimum absolute atomic E-state index is 0.0678. The van der Waals surface area contributed by atoms with Crippen LogP contribution in [0.1, 0.15) is 23.7 Å². The van der Waals surface area contributed by atoms with E-state index in [0.29, 0.717) is 5.92 Å². The summed E-state index contributed by atoms with van der Waals surface area (Å²) in [5.41, 5.74) is 9.59. The molecule has 94 valence electrons. The van der Waals surface area contributed by atoms with Gasteiger partial charge in [-0.3, -0.25) is 4.98 Å². The molecule has 0 saturated carbocycles. The quantitative estimate of drug-likeness (QED) is 0.880. The van der Waals surface area contributed by atoms with E-state index in [0.717, 1.165) is 36.2 Å². The van der Waals surface area contributed by atoms with Crippen LogP contribution in [0.15, 0.2) is 30.3 Å². The SMILES string of the molecule is Cc1ccc2cc(C(N)C3CCOC3)ccc2n1. The van der Waals surface area contributed by atoms with E-state index in [-0.39, 0.29) is 6.04 Å². The number of pyridine rings is 1. The van der Waals surface area contributed by atoms with E-state index in [1.807, 2.05) is 13.0 Å². The van der Waals surface area contributed by atoms with Crippen LogP contribution in [-0.4, -0.2) is 18.2 Å². The van der Waals surface area contributed by atoms with Gasteiger partial charge in [0.25, 0.3) is 0 Å². The molecule has 1 fully saturated rings. The first-order chi connectivity index (χ1) is 8.74. The van der Waals surface area contributed by atoms with Crippen LogP contribution in [0.5, 0.6) is 0 Å². The van der Waals surface area contributed by atoms with Crippen LogP contribution < -0.4 is 5.73 Å². The van der Waals surface area contributed by atoms with Gasteiger partial charge in [0.2, 0.25) is 0 Å². The van der Waals surface area contributed by atoms with Crippen molar-refractivity contribution in [3.63, 3.8) is 0 Å². The summed E-state index contributed by atoms with van der Waals surface area (Å²) in [4.78, 5) is 4.51. The minimum Gasteiger partial charge on any atom is -0.381 e. The molecular formula is C15H18N2O. The van der Waals surface area contributed by atoms with Gasteiger partial charge >= 0.3 is 0 Å². The lowest BCUT2D eigenvalue weighted by molar-refractivity contribution is 0.181. The fourth-order valence-corrected chi connectivity index (χ4v) is 2.56. The zero-order valence-electron chi connectivity index (χ0n) is 10.6. The maximum absolute atomic E-state index is 6.32. The zero-order chi connectivity index (χ0) is 12.5. The highest BCUT2D eigenvalue weighted by atomic mass is 16.5. The van der Waals surface area contributed by atoms with E-state index < -0.39 is 0 Å². The number of fused-ring (bicyclic) bond motifs is 1. The van der Waals surface area contributed by atoms with Crippen LogP contribution >= 0.6 is 0 Å². The van der Waals surface area contributed by atoms with Crippen LogP contribution in [0.2, 0.25) is 0 Å². The molecule has 2 atom stereocenters. The van der Waals surface area contributed by atoms with Gasteiger partial charge in [-0.2, -0.15) is 0 Å². The second-order valence-corrected chi connectivity index (χ2v) is 5.05. The van der Waals surface area contributed by atoms with Crippen molar-refractivity contribution in [1.82, 2.24) is 4.98 Å². The van der Waals surface area contributed by atoms with Gasteiger partial charge in [0.05, 0.1) is 12.1 Å². The largest absolute Gasteiger partial charge is 0.381 e. The fraction of sp³-hybridized carbons (Fsp3) is 0.400. The van der Waals surface area contributed by atoms with Crippen molar-refractivity contribution in [3.8, 4) is 0 Å². The van der Waals surface area contributed by atoms with Crippen LogP contribution in [-0.2, 0) is 4.74 Å². The molecule has 0 bridgehead atoms. The normalized spacial score (nSPS) is 21.3. The summed E-state index contributed by atoms with van der Waals surface area (Å²) >= 11 is 0. The molecule has 1 aliphatic heterocycles. The second-order valence-electron chi connectivity index (χ2n) is 5.05. The Balaban J connectivity index is 1.94. The van der Waals surface area contributed by atoms with Crippen molar-refractivity contribution in [1.29, 1.82) is 0 Å². The fourth-order valence-electron chi connectivity index (χ4n) is 2.56. The smallest absolute Gasteiger partial charge is 0.0705 e. The number of aryl methyl sites for hydroxylation is 1. The maximum Gasteiger partial charge on any atom is 0.0705 e. The van der Waals surface area contributed by atoms with Gasteiger partial charge in [0.1, 0.15) is 0 Å². The number of hydrogen-bond acceptors (Lipinski definition) is 3. The lowest BCUT2D eigenvalue weighted by Crippen LogP contribution is -2.21. The molecule has 1 aliphatic rings. The van der Waals surface area contributed by atoms with E-state index >= 15 is 0 Å². The molecule has 0 spiro atoms. The van der Waals surface area contributed by atoms with Crippen molar-refractivity contribution in [3.05, 3.63) is 41.6 Å². The molecule has 2 heterocycles. The first kappa shape index (κ1) is 11.6. The lowest BCUT2D eigenvalue weighted by Gasteiger charge is -2.18. The van der Waals surface area contributed by atoms with E-state index in [4.69, 9.17) is 10.5 Å². The van der Waals surface area contributed by atoms with Gasteiger partial charge in [-0.25, -0.2) is 0 Å². The van der Waals surface area contributed by atoms with Crippen molar-refractivity contribution >= 4 is 10.9 Å². The molecule has 0 amide bonds. The summed E-state index contributed by atoms with van der Waals surface area (Å²) in [5.74, 6) is 0.445. The molecule has 2 unspecified atom stereocenters. The van der Waals surface area contributed by atoms with Gasteiger partial charge in [-0.15, -0.1) is 0 Å². The average Bonchev–Trinajstić information content (AvgIpc) is 2.91. The molecule has 2 aromatic rings. The maximum atomic E-state index is 6.32. The summed E-state index contributed by atoms with van der Waals surface area (Å²) in [7, 11) is 0. The predicted octanol–water partition coefficient (Wildman–Crippen LogP) is 2.58. The van der Waals surface area contributed by atoms with Gasteiger partial charge in [-0.1, -0.05) is 12.1 Å². The topological polar surface area (TPSA) is 48.1 Å². The molecule has 1 saturated heterocycles. The molecule has 0 radical (unpaired) electrons. The predicted molar refractivity (Wildman–Crippen MR) is 72.3 cm³/mol. The van der Waals surface area contributed by atoms with Crippen LogP contribution in [0.4, 0.5) is 0 Å². The van der Waals surface area contributed by atoms with E-state index in [1.165, 1.54) is 5.56 Å². The summed E-state index contributed by atoms with van der Waals surface area (Å²) in [6, 6.07) is 10.5. The van der Waals surface area contributed by atoms with Gasteiger partial charge in [0, 0.05) is 29.6 Å². The Bertz CT molecular complexity index is 561. The third-order valence-electron chi connectivity index (χ3n) is 3.71. The Kier molecular flexibility index (Phi) is 3.02. The average molecular weight is 242 g/mol. The Morgan fingerprint density at radius 1 is 1.33 bits per heavy atom. The number of aromatic nitrogens is 1. The number of ether oxygens (including phenoxy) is 1. The summed E-state index contributed by atoms with van der Waals surface area (Å²) in [6.07, 6.45) is 1.06. The van der Waals surface area contributed by atoms with Crippen LogP contribution in [0.3, 0.4) is 0 Å². The number of hydrogen-bond donors (Lipinski definition) is 1. The summed E-state index contributed by atoms with van der Waals surface area (Å²) < 4.78 is 5.41. The van der Waals surface area contributed by atoms with Crippen molar-refractivity contribution in [2.24, 2.45) is 11.7 Å². The lowest BCUT2D eigenvalue weighted by atomic mass is 9.92. The Morgan fingerprint density at radius 2 is 2.22 bits per heavy atom. The van der Waals surface area contributed by atoms with Crippen LogP contribution in [0, 0.1) is 12.8 Å². The molecule has 0 aliphatic carbocycles. The first-order valence-electron chi connectivity index (χ1n) is 6.45. The van der Waals surface area contributed by atoms with E-state index in [9.17, 15) is 0 Å². The highest BCUT2D eigenvalue weighted by molar-refractivity contribution is 5.79. The monoisotopic (exact) mass is 242 g/mol. The molecule has 2 N–H and O–H groups in total. The van der Waals surface area contributed by atoms with E-state index in [1.54, 1.807) is 0 Å². The number of nitrogens with zero attached hydrogens (tertiary/aromatic N) is 1. The number of nitrogens with two attached hydrogens (primary N) is 1. The molecule has 1 aromatic carbocycles. The third kappa shape index (κ3) is 2.11. The number of benzene rings is 1. The number of rotatable bonds is 2. The van der Waals surface area contributed by atoms with Crippen LogP contribution in [0.25, 0.3) is 10.9 Å². The zero-order valence-corrected chi connectivity index (χ0v) is 10.6. The van der Waals surface area contributed by atoms with Gasteiger partial charge < -0.3 is 10.5 Å². The minimum atomic E-state index is 0.0678. The van der Waals surface area contributed by atoms with Gasteiger partial charge in [0.15, 0.2) is 0 Å². The van der Waals surface area contributed by atoms with Crippen molar-refractivity contribution in [2.75, 3.05) is 13.2 Å². The molecule has 1 aromatic heterocycles.